The summed E-state index contributed by atoms with van der Waals surface area (Å²) in [5, 5.41) is 12.1. The molecule has 0 saturated heterocycles. The van der Waals surface area contributed by atoms with Crippen LogP contribution in [0.5, 0.6) is 11.6 Å². The third-order valence-corrected chi connectivity index (χ3v) is 3.60. The van der Waals surface area contributed by atoms with Gasteiger partial charge in [0, 0.05) is 13.1 Å². The second kappa shape index (κ2) is 6.65. The van der Waals surface area contributed by atoms with Gasteiger partial charge in [-0.05, 0) is 38.1 Å². The van der Waals surface area contributed by atoms with Crippen molar-refractivity contribution in [1.29, 1.82) is 5.26 Å². The molecule has 0 saturated carbocycles. The van der Waals surface area contributed by atoms with Crippen LogP contribution < -0.4 is 14.8 Å². The summed E-state index contributed by atoms with van der Waals surface area (Å²) in [6, 6.07) is 8.57. The zero-order chi connectivity index (χ0) is 18.9. The number of aliphatic imine (C=N–C) groups is 1. The number of pyridine rings is 1. The van der Waals surface area contributed by atoms with Crippen molar-refractivity contribution in [2.75, 3.05) is 5.32 Å². The van der Waals surface area contributed by atoms with Gasteiger partial charge in [-0.25, -0.2) is 9.98 Å². The predicted octanol–water partition coefficient (Wildman–Crippen LogP) is 3.52. The number of hydrogen-bond acceptors (Lipinski definition) is 6. The molecule has 3 rings (SSSR count). The van der Waals surface area contributed by atoms with Crippen molar-refractivity contribution in [2.24, 2.45) is 4.99 Å². The Kier molecular flexibility index (Phi) is 4.53. The van der Waals surface area contributed by atoms with Crippen molar-refractivity contribution in [2.45, 2.75) is 26.5 Å². The first-order chi connectivity index (χ1) is 12.3. The summed E-state index contributed by atoms with van der Waals surface area (Å²) in [6.07, 6.45) is 1.40. The first-order valence-electron chi connectivity index (χ1n) is 7.72. The molecule has 0 aliphatic carbocycles. The average molecular weight is 371 g/mol. The Balaban J connectivity index is 2.06. The summed E-state index contributed by atoms with van der Waals surface area (Å²) in [6.45, 7) is 4.93. The SMILES string of the molecule is CC(=O)Nc1cc(Cl)cnc1OC1=NC(C)(C)Oc2ccc(C#N)cc21. The van der Waals surface area contributed by atoms with Gasteiger partial charge in [0.15, 0.2) is 5.72 Å². The second-order valence-electron chi connectivity index (χ2n) is 6.08. The lowest BCUT2D eigenvalue weighted by Gasteiger charge is -2.29. The Bertz CT molecular complexity index is 963. The molecule has 1 aromatic heterocycles. The van der Waals surface area contributed by atoms with E-state index in [1.54, 1.807) is 32.0 Å². The highest BCUT2D eigenvalue weighted by atomic mass is 35.5. The van der Waals surface area contributed by atoms with E-state index in [4.69, 9.17) is 26.3 Å². The van der Waals surface area contributed by atoms with Crippen LogP contribution in [0.15, 0.2) is 35.5 Å². The van der Waals surface area contributed by atoms with E-state index in [0.717, 1.165) is 0 Å². The number of benzene rings is 1. The largest absolute Gasteiger partial charge is 0.466 e. The number of anilines is 1. The van der Waals surface area contributed by atoms with Crippen molar-refractivity contribution in [3.8, 4) is 17.7 Å². The van der Waals surface area contributed by atoms with E-state index in [1.165, 1.54) is 19.2 Å². The third kappa shape index (κ3) is 3.76. The number of carbonyl (C=O) groups is 1. The van der Waals surface area contributed by atoms with Crippen LogP contribution in [0.4, 0.5) is 5.69 Å². The van der Waals surface area contributed by atoms with E-state index >= 15 is 0 Å². The Morgan fingerprint density at radius 1 is 1.38 bits per heavy atom. The summed E-state index contributed by atoms with van der Waals surface area (Å²) < 4.78 is 11.7. The molecular weight excluding hydrogens is 356 g/mol. The van der Waals surface area contributed by atoms with Crippen LogP contribution >= 0.6 is 11.6 Å². The first kappa shape index (κ1) is 17.7. The highest BCUT2D eigenvalue weighted by Gasteiger charge is 2.30. The zero-order valence-electron chi connectivity index (χ0n) is 14.3. The van der Waals surface area contributed by atoms with E-state index in [0.29, 0.717) is 27.6 Å². The topological polar surface area (TPSA) is 96.6 Å². The second-order valence-corrected chi connectivity index (χ2v) is 6.51. The number of rotatable bonds is 2. The lowest BCUT2D eigenvalue weighted by molar-refractivity contribution is -0.114. The van der Waals surface area contributed by atoms with Gasteiger partial charge in [0.05, 0.1) is 22.2 Å². The quantitative estimate of drug-likeness (QED) is 0.872. The molecule has 1 aliphatic heterocycles. The maximum Gasteiger partial charge on any atom is 0.245 e. The molecule has 26 heavy (non-hydrogen) atoms. The molecule has 0 atom stereocenters. The number of carbonyl (C=O) groups excluding carboxylic acids is 1. The molecule has 1 amide bonds. The van der Waals surface area contributed by atoms with Crippen LogP contribution in [0.25, 0.3) is 0 Å². The minimum absolute atomic E-state index is 0.134. The van der Waals surface area contributed by atoms with E-state index < -0.39 is 5.72 Å². The van der Waals surface area contributed by atoms with Crippen LogP contribution in [0.2, 0.25) is 5.02 Å². The van der Waals surface area contributed by atoms with Gasteiger partial charge in [0.1, 0.15) is 11.4 Å². The Hall–Kier alpha value is -3.11. The number of aromatic nitrogens is 1. The fourth-order valence-corrected chi connectivity index (χ4v) is 2.57. The highest BCUT2D eigenvalue weighted by molar-refractivity contribution is 6.30. The molecule has 2 heterocycles. The van der Waals surface area contributed by atoms with E-state index in [9.17, 15) is 4.79 Å². The van der Waals surface area contributed by atoms with E-state index in [2.05, 4.69) is 21.4 Å². The van der Waals surface area contributed by atoms with Gasteiger partial charge in [-0.3, -0.25) is 4.79 Å². The Morgan fingerprint density at radius 3 is 2.85 bits per heavy atom. The standard InChI is InChI=1S/C18H15ClN4O3/c1-10(24)22-14-7-12(19)9-21-17(14)25-16-13-6-11(8-20)4-5-15(13)26-18(2,3)23-16/h4-7,9H,1-3H3,(H,22,24). The summed E-state index contributed by atoms with van der Waals surface area (Å²) in [4.78, 5) is 20.0. The van der Waals surface area contributed by atoms with Gasteiger partial charge >= 0.3 is 0 Å². The monoisotopic (exact) mass is 370 g/mol. The van der Waals surface area contributed by atoms with Gasteiger partial charge < -0.3 is 14.8 Å². The van der Waals surface area contributed by atoms with Crippen LogP contribution in [-0.2, 0) is 4.79 Å². The number of fused-ring (bicyclic) bond motifs is 1. The van der Waals surface area contributed by atoms with E-state index in [1.807, 2.05) is 0 Å². The summed E-state index contributed by atoms with van der Waals surface area (Å²) >= 11 is 5.95. The van der Waals surface area contributed by atoms with Crippen molar-refractivity contribution >= 4 is 29.1 Å². The number of hydrogen-bond donors (Lipinski definition) is 1. The van der Waals surface area contributed by atoms with Gasteiger partial charge in [0.25, 0.3) is 0 Å². The normalized spacial score (nSPS) is 14.3. The third-order valence-electron chi connectivity index (χ3n) is 3.39. The van der Waals surface area contributed by atoms with Gasteiger partial charge in [-0.15, -0.1) is 0 Å². The number of nitriles is 1. The number of halogens is 1. The smallest absolute Gasteiger partial charge is 0.245 e. The molecule has 0 unspecified atom stereocenters. The number of ether oxygens (including phenoxy) is 2. The molecule has 0 spiro atoms. The summed E-state index contributed by atoms with van der Waals surface area (Å²) in [5.41, 5.74) is 0.412. The average Bonchev–Trinajstić information content (AvgIpc) is 2.55. The molecule has 132 valence electrons. The summed E-state index contributed by atoms with van der Waals surface area (Å²) in [7, 11) is 0. The minimum atomic E-state index is -0.864. The number of nitrogens with zero attached hydrogens (tertiary/aromatic N) is 3. The maximum atomic E-state index is 11.4. The number of amides is 1. The Labute approximate surface area is 155 Å². The fourth-order valence-electron chi connectivity index (χ4n) is 2.41. The van der Waals surface area contributed by atoms with Crippen LogP contribution in [0.1, 0.15) is 31.9 Å². The predicted molar refractivity (Wildman–Crippen MR) is 96.6 cm³/mol. The van der Waals surface area contributed by atoms with Crippen LogP contribution in [0.3, 0.4) is 0 Å². The van der Waals surface area contributed by atoms with E-state index in [-0.39, 0.29) is 17.7 Å². The van der Waals surface area contributed by atoms with Gasteiger partial charge in [-0.1, -0.05) is 11.6 Å². The molecule has 1 N–H and O–H groups in total. The van der Waals surface area contributed by atoms with Crippen molar-refractivity contribution in [3.63, 3.8) is 0 Å². The molecular formula is C18H15ClN4O3. The van der Waals surface area contributed by atoms with Gasteiger partial charge in [-0.2, -0.15) is 5.26 Å². The lowest BCUT2D eigenvalue weighted by Crippen LogP contribution is -2.34. The molecule has 0 radical (unpaired) electrons. The molecule has 1 aliphatic rings. The van der Waals surface area contributed by atoms with Crippen LogP contribution in [-0.4, -0.2) is 22.5 Å². The summed E-state index contributed by atoms with van der Waals surface area (Å²) in [5.74, 6) is 0.610. The van der Waals surface area contributed by atoms with Gasteiger partial charge in [0.2, 0.25) is 17.7 Å². The van der Waals surface area contributed by atoms with Crippen molar-refractivity contribution in [3.05, 3.63) is 46.6 Å². The molecule has 7 nitrogen and oxygen atoms in total. The highest BCUT2D eigenvalue weighted by Crippen LogP contribution is 2.33. The molecule has 8 heteroatoms. The molecule has 2 aromatic rings. The first-order valence-corrected chi connectivity index (χ1v) is 8.09. The van der Waals surface area contributed by atoms with Crippen molar-refractivity contribution in [1.82, 2.24) is 4.98 Å². The molecule has 0 bridgehead atoms. The fraction of sp³-hybridized carbons (Fsp3) is 0.222. The Morgan fingerprint density at radius 2 is 2.15 bits per heavy atom. The zero-order valence-corrected chi connectivity index (χ0v) is 15.1. The lowest BCUT2D eigenvalue weighted by atomic mass is 10.1. The van der Waals surface area contributed by atoms with Crippen LogP contribution in [0, 0.1) is 11.3 Å². The molecule has 1 aromatic carbocycles. The minimum Gasteiger partial charge on any atom is -0.466 e. The van der Waals surface area contributed by atoms with Crippen molar-refractivity contribution < 1.29 is 14.3 Å². The molecule has 0 fully saturated rings. The number of nitrogens with one attached hydrogen (secondary N) is 1. The maximum absolute atomic E-state index is 11.4.